The Morgan fingerprint density at radius 1 is 1.04 bits per heavy atom. The number of amides is 2. The van der Waals surface area contributed by atoms with Crippen LogP contribution in [-0.4, -0.2) is 31.5 Å². The van der Waals surface area contributed by atoms with Crippen LogP contribution in [0.1, 0.15) is 32.3 Å². The maximum atomic E-state index is 12.1. The largest absolute Gasteiger partial charge is 0.494 e. The van der Waals surface area contributed by atoms with Crippen LogP contribution in [0.5, 0.6) is 5.75 Å². The number of hydrogen-bond donors (Lipinski definition) is 1. The Hall–Kier alpha value is -2.82. The van der Waals surface area contributed by atoms with Gasteiger partial charge in [-0.2, -0.15) is 0 Å². The minimum absolute atomic E-state index is 0.0414. The van der Waals surface area contributed by atoms with Crippen molar-refractivity contribution < 1.29 is 14.3 Å². The minimum atomic E-state index is -0.0870. The topological polar surface area (TPSA) is 58.6 Å². The number of nitrogens with one attached hydrogen (secondary N) is 1. The molecule has 0 heterocycles. The molecular weight excluding hydrogens is 340 g/mol. The van der Waals surface area contributed by atoms with Crippen LogP contribution in [0.4, 0.5) is 5.69 Å². The summed E-state index contributed by atoms with van der Waals surface area (Å²) in [5.41, 5.74) is 2.04. The van der Waals surface area contributed by atoms with Gasteiger partial charge in [0.2, 0.25) is 11.8 Å². The van der Waals surface area contributed by atoms with E-state index in [1.54, 1.807) is 4.90 Å². The van der Waals surface area contributed by atoms with E-state index in [-0.39, 0.29) is 18.2 Å². The zero-order chi connectivity index (χ0) is 19.5. The molecule has 2 amide bonds. The van der Waals surface area contributed by atoms with Gasteiger partial charge in [0.25, 0.3) is 0 Å². The monoisotopic (exact) mass is 368 g/mol. The third kappa shape index (κ3) is 7.13. The number of anilines is 1. The highest BCUT2D eigenvalue weighted by atomic mass is 16.5. The van der Waals surface area contributed by atoms with E-state index in [9.17, 15) is 9.59 Å². The standard InChI is InChI=1S/C22H28N2O3/c1-3-27-21-13-11-20(12-14-21)24(18(2)25)17-15-22(26)23-16-7-10-19-8-5-4-6-9-19/h4-6,8-9,11-14H,3,7,10,15-17H2,1-2H3,(H,23,26). The highest BCUT2D eigenvalue weighted by molar-refractivity contribution is 5.92. The second-order valence-corrected chi connectivity index (χ2v) is 6.29. The van der Waals surface area contributed by atoms with Gasteiger partial charge in [0.1, 0.15) is 5.75 Å². The first-order chi connectivity index (χ1) is 13.1. The molecule has 5 nitrogen and oxygen atoms in total. The molecule has 2 aromatic carbocycles. The molecule has 27 heavy (non-hydrogen) atoms. The van der Waals surface area contributed by atoms with Crippen molar-refractivity contribution in [3.05, 3.63) is 60.2 Å². The first kappa shape index (κ1) is 20.5. The number of nitrogens with zero attached hydrogens (tertiary/aromatic N) is 1. The van der Waals surface area contributed by atoms with Crippen LogP contribution < -0.4 is 15.0 Å². The van der Waals surface area contributed by atoms with Gasteiger partial charge in [0.15, 0.2) is 0 Å². The van der Waals surface area contributed by atoms with E-state index in [1.165, 1.54) is 12.5 Å². The number of aryl methyl sites for hydroxylation is 1. The van der Waals surface area contributed by atoms with E-state index in [0.29, 0.717) is 19.7 Å². The second kappa shape index (κ2) is 11.0. The van der Waals surface area contributed by atoms with Crippen LogP contribution >= 0.6 is 0 Å². The van der Waals surface area contributed by atoms with Gasteiger partial charge in [0, 0.05) is 32.1 Å². The van der Waals surface area contributed by atoms with E-state index in [1.807, 2.05) is 49.4 Å². The summed E-state index contributed by atoms with van der Waals surface area (Å²) in [5.74, 6) is 0.636. The molecule has 0 fully saturated rings. The van der Waals surface area contributed by atoms with E-state index >= 15 is 0 Å². The summed E-state index contributed by atoms with van der Waals surface area (Å²) in [6.07, 6.45) is 2.11. The van der Waals surface area contributed by atoms with E-state index in [2.05, 4.69) is 17.4 Å². The molecular formula is C22H28N2O3. The summed E-state index contributed by atoms with van der Waals surface area (Å²) >= 11 is 0. The third-order valence-electron chi connectivity index (χ3n) is 4.21. The lowest BCUT2D eigenvalue weighted by Crippen LogP contribution is -2.34. The molecule has 0 aliphatic rings. The average Bonchev–Trinajstić information content (AvgIpc) is 2.67. The number of carbonyl (C=O) groups is 2. The van der Waals surface area contributed by atoms with Crippen LogP contribution in [-0.2, 0) is 16.0 Å². The van der Waals surface area contributed by atoms with Gasteiger partial charge in [-0.1, -0.05) is 30.3 Å². The molecule has 0 unspecified atom stereocenters. The number of ether oxygens (including phenoxy) is 1. The van der Waals surface area contributed by atoms with E-state index < -0.39 is 0 Å². The third-order valence-corrected chi connectivity index (χ3v) is 4.21. The zero-order valence-corrected chi connectivity index (χ0v) is 16.1. The van der Waals surface area contributed by atoms with Crippen LogP contribution in [0, 0.1) is 0 Å². The van der Waals surface area contributed by atoms with Gasteiger partial charge >= 0.3 is 0 Å². The Balaban J connectivity index is 1.76. The summed E-state index contributed by atoms with van der Waals surface area (Å²) in [5, 5.41) is 2.93. The van der Waals surface area contributed by atoms with Crippen LogP contribution in [0.2, 0.25) is 0 Å². The maximum absolute atomic E-state index is 12.1. The fraction of sp³-hybridized carbons (Fsp3) is 0.364. The van der Waals surface area contributed by atoms with Crippen molar-refractivity contribution in [1.82, 2.24) is 5.32 Å². The Morgan fingerprint density at radius 2 is 1.74 bits per heavy atom. The molecule has 2 rings (SSSR count). The summed E-state index contributed by atoms with van der Waals surface area (Å²) < 4.78 is 5.42. The Kier molecular flexibility index (Phi) is 8.36. The highest BCUT2D eigenvalue weighted by Crippen LogP contribution is 2.20. The maximum Gasteiger partial charge on any atom is 0.223 e. The molecule has 0 atom stereocenters. The van der Waals surface area contributed by atoms with Crippen molar-refractivity contribution in [2.45, 2.75) is 33.1 Å². The molecule has 0 radical (unpaired) electrons. The van der Waals surface area contributed by atoms with Gasteiger partial charge in [-0.3, -0.25) is 9.59 Å². The lowest BCUT2D eigenvalue weighted by molar-refractivity contribution is -0.121. The lowest BCUT2D eigenvalue weighted by Gasteiger charge is -2.21. The van der Waals surface area contributed by atoms with Crippen molar-refractivity contribution in [2.75, 3.05) is 24.6 Å². The fourth-order valence-corrected chi connectivity index (χ4v) is 2.82. The van der Waals surface area contributed by atoms with Crippen molar-refractivity contribution >= 4 is 17.5 Å². The van der Waals surface area contributed by atoms with Crippen molar-refractivity contribution in [3.63, 3.8) is 0 Å². The Bertz CT molecular complexity index is 714. The molecule has 0 saturated heterocycles. The van der Waals surface area contributed by atoms with Crippen LogP contribution in [0.25, 0.3) is 0 Å². The fourth-order valence-electron chi connectivity index (χ4n) is 2.82. The Morgan fingerprint density at radius 3 is 2.37 bits per heavy atom. The van der Waals surface area contributed by atoms with Crippen LogP contribution in [0.3, 0.4) is 0 Å². The second-order valence-electron chi connectivity index (χ2n) is 6.29. The van der Waals surface area contributed by atoms with Crippen molar-refractivity contribution in [3.8, 4) is 5.75 Å². The predicted molar refractivity (Wildman–Crippen MR) is 108 cm³/mol. The first-order valence-corrected chi connectivity index (χ1v) is 9.41. The van der Waals surface area contributed by atoms with Gasteiger partial charge in [0.05, 0.1) is 6.61 Å². The molecule has 5 heteroatoms. The molecule has 1 N–H and O–H groups in total. The van der Waals surface area contributed by atoms with Gasteiger partial charge < -0.3 is 15.0 Å². The SMILES string of the molecule is CCOc1ccc(N(CCC(=O)NCCCc2ccccc2)C(C)=O)cc1. The van der Waals surface area contributed by atoms with Crippen LogP contribution in [0.15, 0.2) is 54.6 Å². The minimum Gasteiger partial charge on any atom is -0.494 e. The molecule has 144 valence electrons. The molecule has 0 aliphatic carbocycles. The summed E-state index contributed by atoms with van der Waals surface area (Å²) in [7, 11) is 0. The van der Waals surface area contributed by atoms with Gasteiger partial charge in [-0.05, 0) is 49.6 Å². The number of hydrogen-bond acceptors (Lipinski definition) is 3. The zero-order valence-electron chi connectivity index (χ0n) is 16.1. The molecule has 0 spiro atoms. The number of rotatable bonds is 10. The molecule has 0 saturated carbocycles. The number of benzene rings is 2. The van der Waals surface area contributed by atoms with Crippen molar-refractivity contribution in [2.24, 2.45) is 0 Å². The normalized spacial score (nSPS) is 10.3. The molecule has 0 aliphatic heterocycles. The summed E-state index contributed by atoms with van der Waals surface area (Å²) in [6.45, 7) is 5.02. The summed E-state index contributed by atoms with van der Waals surface area (Å²) in [6, 6.07) is 17.5. The first-order valence-electron chi connectivity index (χ1n) is 9.41. The molecule has 2 aromatic rings. The lowest BCUT2D eigenvalue weighted by atomic mass is 10.1. The quantitative estimate of drug-likeness (QED) is 0.652. The van der Waals surface area contributed by atoms with E-state index in [4.69, 9.17) is 4.74 Å². The van der Waals surface area contributed by atoms with Gasteiger partial charge in [-0.15, -0.1) is 0 Å². The predicted octanol–water partition coefficient (Wildman–Crippen LogP) is 3.58. The van der Waals surface area contributed by atoms with E-state index in [0.717, 1.165) is 24.3 Å². The molecule has 0 aromatic heterocycles. The van der Waals surface area contributed by atoms with Gasteiger partial charge in [-0.25, -0.2) is 0 Å². The molecule has 0 bridgehead atoms. The highest BCUT2D eigenvalue weighted by Gasteiger charge is 2.13. The summed E-state index contributed by atoms with van der Waals surface area (Å²) in [4.78, 5) is 25.6. The average molecular weight is 368 g/mol. The smallest absolute Gasteiger partial charge is 0.223 e. The van der Waals surface area contributed by atoms with Crippen molar-refractivity contribution in [1.29, 1.82) is 0 Å². The number of carbonyl (C=O) groups excluding carboxylic acids is 2. The Labute approximate surface area is 161 Å².